The molecular formula is C23H23O6P. The molecule has 1 atom stereocenters. The number of carbonyl (C=O) groups is 1. The van der Waals surface area contributed by atoms with E-state index in [-0.39, 0.29) is 16.9 Å². The van der Waals surface area contributed by atoms with Crippen molar-refractivity contribution in [3.63, 3.8) is 0 Å². The van der Waals surface area contributed by atoms with Gasteiger partial charge in [0.25, 0.3) is 0 Å². The van der Waals surface area contributed by atoms with E-state index < -0.39 is 13.8 Å². The average Bonchev–Trinajstić information content (AvgIpc) is 2.69. The Morgan fingerprint density at radius 2 is 1.20 bits per heavy atom. The summed E-state index contributed by atoms with van der Waals surface area (Å²) in [5, 5.41) is 0. The number of hydrogen-bond donors (Lipinski definition) is 1. The maximum Gasteiger partial charge on any atom is 0.584 e. The van der Waals surface area contributed by atoms with E-state index in [1.807, 2.05) is 30.3 Å². The largest absolute Gasteiger partial charge is 0.584 e. The van der Waals surface area contributed by atoms with Gasteiger partial charge in [-0.15, -0.1) is 0 Å². The molecule has 0 heterocycles. The Morgan fingerprint density at radius 1 is 0.767 bits per heavy atom. The van der Waals surface area contributed by atoms with Crippen molar-refractivity contribution in [2.75, 3.05) is 0 Å². The predicted molar refractivity (Wildman–Crippen MR) is 114 cm³/mol. The zero-order valence-electron chi connectivity index (χ0n) is 16.9. The van der Waals surface area contributed by atoms with Gasteiger partial charge >= 0.3 is 13.8 Å². The summed E-state index contributed by atoms with van der Waals surface area (Å²) in [5.41, 5.74) is 1.96. The van der Waals surface area contributed by atoms with Crippen LogP contribution < -0.4 is 13.8 Å². The predicted octanol–water partition coefficient (Wildman–Crippen LogP) is 5.50. The number of carbonyl (C=O) groups excluding carboxylic acids is 1. The molecule has 0 aromatic heterocycles. The van der Waals surface area contributed by atoms with Gasteiger partial charge in [0.2, 0.25) is 0 Å². The summed E-state index contributed by atoms with van der Waals surface area (Å²) in [6, 6.07) is 22.8. The molecule has 7 heteroatoms. The molecule has 1 N–H and O–H groups in total. The fourth-order valence-electron chi connectivity index (χ4n) is 2.97. The maximum atomic E-state index is 12.3. The van der Waals surface area contributed by atoms with Crippen LogP contribution in [0.2, 0.25) is 0 Å². The molecule has 6 nitrogen and oxygen atoms in total. The van der Waals surface area contributed by atoms with Crippen LogP contribution >= 0.6 is 7.82 Å². The number of esters is 1. The molecule has 3 aromatic rings. The second kappa shape index (κ2) is 8.74. The van der Waals surface area contributed by atoms with Gasteiger partial charge in [-0.1, -0.05) is 56.3 Å². The highest BCUT2D eigenvalue weighted by molar-refractivity contribution is 7.48. The van der Waals surface area contributed by atoms with Crippen molar-refractivity contribution in [1.29, 1.82) is 0 Å². The van der Waals surface area contributed by atoms with Gasteiger partial charge in [-0.25, -0.2) is 4.57 Å². The van der Waals surface area contributed by atoms with Crippen molar-refractivity contribution >= 4 is 13.8 Å². The fraction of sp³-hybridized carbons (Fsp3) is 0.174. The lowest BCUT2D eigenvalue weighted by Crippen LogP contribution is -2.18. The van der Waals surface area contributed by atoms with Crippen molar-refractivity contribution in [1.82, 2.24) is 0 Å². The highest BCUT2D eigenvalue weighted by Gasteiger charge is 2.26. The van der Waals surface area contributed by atoms with E-state index in [4.69, 9.17) is 13.8 Å². The highest BCUT2D eigenvalue weighted by atomic mass is 31.2. The summed E-state index contributed by atoms with van der Waals surface area (Å²) in [6.45, 7) is 5.50. The second-order valence-electron chi connectivity index (χ2n) is 7.23. The molecule has 0 saturated heterocycles. The fourth-order valence-corrected chi connectivity index (χ4v) is 3.79. The van der Waals surface area contributed by atoms with Crippen LogP contribution in [0, 0.1) is 0 Å². The van der Waals surface area contributed by atoms with Crippen LogP contribution in [-0.4, -0.2) is 10.9 Å². The van der Waals surface area contributed by atoms with Crippen LogP contribution in [0.1, 0.15) is 31.9 Å². The van der Waals surface area contributed by atoms with Crippen LogP contribution in [0.5, 0.6) is 17.2 Å². The average molecular weight is 426 g/mol. The lowest BCUT2D eigenvalue weighted by atomic mass is 9.78. The molecular weight excluding hydrogens is 403 g/mol. The van der Waals surface area contributed by atoms with Gasteiger partial charge in [0.1, 0.15) is 17.2 Å². The van der Waals surface area contributed by atoms with E-state index in [0.717, 1.165) is 11.1 Å². The van der Waals surface area contributed by atoms with E-state index in [1.165, 1.54) is 31.2 Å². The molecule has 0 amide bonds. The Kier molecular flexibility index (Phi) is 6.30. The second-order valence-corrected chi connectivity index (χ2v) is 8.53. The maximum absolute atomic E-state index is 12.3. The summed E-state index contributed by atoms with van der Waals surface area (Å²) < 4.78 is 27.5. The van der Waals surface area contributed by atoms with Gasteiger partial charge in [-0.2, -0.15) is 0 Å². The third-order valence-electron chi connectivity index (χ3n) is 4.60. The molecule has 0 bridgehead atoms. The molecule has 30 heavy (non-hydrogen) atoms. The quantitative estimate of drug-likeness (QED) is 0.305. The van der Waals surface area contributed by atoms with Gasteiger partial charge in [-0.3, -0.25) is 9.69 Å². The molecule has 0 saturated carbocycles. The van der Waals surface area contributed by atoms with Gasteiger partial charge < -0.3 is 13.8 Å². The molecule has 3 rings (SSSR count). The van der Waals surface area contributed by atoms with Crippen molar-refractivity contribution in [3.05, 3.63) is 90.0 Å². The first-order valence-electron chi connectivity index (χ1n) is 9.32. The minimum absolute atomic E-state index is 0.110. The Balaban J connectivity index is 1.68. The summed E-state index contributed by atoms with van der Waals surface area (Å²) in [6.07, 6.45) is 0. The number of phosphoric ester groups is 1. The molecule has 1 unspecified atom stereocenters. The molecule has 0 radical (unpaired) electrons. The van der Waals surface area contributed by atoms with Crippen LogP contribution in [0.3, 0.4) is 0 Å². The molecule has 0 fully saturated rings. The Bertz CT molecular complexity index is 1040. The lowest BCUT2D eigenvalue weighted by Gasteiger charge is -2.26. The lowest BCUT2D eigenvalue weighted by molar-refractivity contribution is -0.131. The van der Waals surface area contributed by atoms with Gasteiger partial charge in [0.15, 0.2) is 0 Å². The van der Waals surface area contributed by atoms with Crippen LogP contribution in [-0.2, 0) is 14.8 Å². The number of hydrogen-bond acceptors (Lipinski definition) is 5. The number of benzene rings is 3. The van der Waals surface area contributed by atoms with Crippen molar-refractivity contribution < 1.29 is 28.0 Å². The molecule has 0 aliphatic carbocycles. The SMILES string of the molecule is CC(=O)Oc1ccc(OP(=O)(O)Oc2ccc(C(C)(C)c3ccccc3)cc2)cc1. The van der Waals surface area contributed by atoms with E-state index in [1.54, 1.807) is 12.1 Å². The zero-order valence-corrected chi connectivity index (χ0v) is 17.8. The Labute approximate surface area is 175 Å². The Morgan fingerprint density at radius 3 is 1.70 bits per heavy atom. The first-order chi connectivity index (χ1) is 14.2. The normalized spacial score (nSPS) is 13.2. The van der Waals surface area contributed by atoms with Gasteiger partial charge in [0.05, 0.1) is 0 Å². The number of ether oxygens (including phenoxy) is 1. The van der Waals surface area contributed by atoms with Crippen LogP contribution in [0.15, 0.2) is 78.9 Å². The van der Waals surface area contributed by atoms with Gasteiger partial charge in [0, 0.05) is 12.3 Å². The molecule has 0 spiro atoms. The van der Waals surface area contributed by atoms with Crippen LogP contribution in [0.25, 0.3) is 0 Å². The molecule has 0 aliphatic rings. The standard InChI is InChI=1S/C23H23O6P/c1-17(24)27-20-13-15-22(16-14-20)29-30(25,26)28-21-11-9-19(10-12-21)23(2,3)18-7-5-4-6-8-18/h4-16H,1-3H3,(H,25,26). The van der Waals surface area contributed by atoms with E-state index in [2.05, 4.69) is 26.0 Å². The van der Waals surface area contributed by atoms with Gasteiger partial charge in [-0.05, 0) is 47.5 Å². The number of rotatable bonds is 7. The summed E-state index contributed by atoms with van der Waals surface area (Å²) >= 11 is 0. The van der Waals surface area contributed by atoms with Crippen molar-refractivity contribution in [2.45, 2.75) is 26.2 Å². The minimum atomic E-state index is -4.40. The summed E-state index contributed by atoms with van der Waals surface area (Å²) in [7, 11) is -4.40. The smallest absolute Gasteiger partial charge is 0.427 e. The summed E-state index contributed by atoms with van der Waals surface area (Å²) in [4.78, 5) is 21.0. The first kappa shape index (κ1) is 21.6. The third kappa shape index (κ3) is 5.50. The third-order valence-corrected chi connectivity index (χ3v) is 5.48. The van der Waals surface area contributed by atoms with Crippen molar-refractivity contribution in [3.8, 4) is 17.2 Å². The van der Waals surface area contributed by atoms with E-state index >= 15 is 0 Å². The van der Waals surface area contributed by atoms with Crippen LogP contribution in [0.4, 0.5) is 0 Å². The zero-order chi connectivity index (χ0) is 21.8. The molecule has 0 aliphatic heterocycles. The minimum Gasteiger partial charge on any atom is -0.427 e. The Hall–Kier alpha value is -3.08. The highest BCUT2D eigenvalue weighted by Crippen LogP contribution is 2.45. The van der Waals surface area contributed by atoms with E-state index in [9.17, 15) is 14.3 Å². The van der Waals surface area contributed by atoms with Crippen molar-refractivity contribution in [2.24, 2.45) is 0 Å². The first-order valence-corrected chi connectivity index (χ1v) is 10.8. The number of phosphoric acid groups is 1. The monoisotopic (exact) mass is 426 g/mol. The summed E-state index contributed by atoms with van der Waals surface area (Å²) in [5.74, 6) is 0.169. The van der Waals surface area contributed by atoms with E-state index in [0.29, 0.717) is 5.75 Å². The topological polar surface area (TPSA) is 82.1 Å². The molecule has 3 aromatic carbocycles. The molecule has 156 valence electrons.